The molecule has 0 aliphatic heterocycles. The van der Waals surface area contributed by atoms with Crippen molar-refractivity contribution in [2.75, 3.05) is 0 Å². The van der Waals surface area contributed by atoms with Crippen molar-refractivity contribution in [3.63, 3.8) is 0 Å². The first-order valence-corrected chi connectivity index (χ1v) is 8.86. The molecule has 0 bridgehead atoms. The summed E-state index contributed by atoms with van der Waals surface area (Å²) in [5.41, 5.74) is 0. The third-order valence-corrected chi connectivity index (χ3v) is 7.59. The third-order valence-electron chi connectivity index (χ3n) is 2.79. The predicted octanol–water partition coefficient (Wildman–Crippen LogP) is 4.31. The summed E-state index contributed by atoms with van der Waals surface area (Å²) in [5.74, 6) is 2.83. The maximum absolute atomic E-state index is 6.12. The SMILES string of the molecule is CC(/C=C/C#CBr)O[Si](C)(C)C(C)(C)C. The largest absolute Gasteiger partial charge is 0.411 e. The van der Waals surface area contributed by atoms with Gasteiger partial charge in [-0.2, -0.15) is 0 Å². The van der Waals surface area contributed by atoms with Crippen LogP contribution in [0.25, 0.3) is 0 Å². The molecule has 0 aliphatic rings. The van der Waals surface area contributed by atoms with Gasteiger partial charge in [0.1, 0.15) is 0 Å². The lowest BCUT2D eigenvalue weighted by Gasteiger charge is -2.37. The summed E-state index contributed by atoms with van der Waals surface area (Å²) >= 11 is 3.05. The molecule has 1 atom stereocenters. The number of hydrogen-bond acceptors (Lipinski definition) is 1. The van der Waals surface area contributed by atoms with E-state index in [1.807, 2.05) is 12.2 Å². The van der Waals surface area contributed by atoms with E-state index in [4.69, 9.17) is 4.43 Å². The lowest BCUT2D eigenvalue weighted by atomic mass is 10.2. The van der Waals surface area contributed by atoms with Crippen molar-refractivity contribution in [2.24, 2.45) is 0 Å². The Labute approximate surface area is 104 Å². The smallest absolute Gasteiger partial charge is 0.192 e. The van der Waals surface area contributed by atoms with Crippen LogP contribution >= 0.6 is 15.9 Å². The first-order chi connectivity index (χ1) is 6.70. The highest BCUT2D eigenvalue weighted by Gasteiger charge is 2.37. The zero-order valence-electron chi connectivity index (χ0n) is 10.5. The monoisotopic (exact) mass is 288 g/mol. The average molecular weight is 289 g/mol. The Kier molecular flexibility index (Phi) is 5.87. The second kappa shape index (κ2) is 5.88. The third kappa shape index (κ3) is 5.55. The van der Waals surface area contributed by atoms with Gasteiger partial charge in [0, 0.05) is 15.9 Å². The van der Waals surface area contributed by atoms with Crippen LogP contribution in [0.1, 0.15) is 27.7 Å². The fourth-order valence-electron chi connectivity index (χ4n) is 0.896. The molecule has 1 unspecified atom stereocenters. The van der Waals surface area contributed by atoms with Gasteiger partial charge in [-0.3, -0.25) is 0 Å². The summed E-state index contributed by atoms with van der Waals surface area (Å²) < 4.78 is 6.12. The van der Waals surface area contributed by atoms with Gasteiger partial charge in [-0.25, -0.2) is 0 Å². The van der Waals surface area contributed by atoms with Crippen LogP contribution in [0.2, 0.25) is 18.1 Å². The maximum atomic E-state index is 6.12. The van der Waals surface area contributed by atoms with E-state index < -0.39 is 8.32 Å². The van der Waals surface area contributed by atoms with Gasteiger partial charge in [0.15, 0.2) is 8.32 Å². The van der Waals surface area contributed by atoms with Gasteiger partial charge in [-0.05, 0) is 42.0 Å². The highest BCUT2D eigenvalue weighted by Crippen LogP contribution is 2.37. The molecule has 0 aliphatic carbocycles. The first-order valence-electron chi connectivity index (χ1n) is 5.16. The summed E-state index contributed by atoms with van der Waals surface area (Å²) in [4.78, 5) is 2.65. The fraction of sp³-hybridized carbons (Fsp3) is 0.667. The predicted molar refractivity (Wildman–Crippen MR) is 73.6 cm³/mol. The Hall–Kier alpha value is -0.0431. The zero-order valence-corrected chi connectivity index (χ0v) is 13.1. The van der Waals surface area contributed by atoms with E-state index in [0.717, 1.165) is 0 Å². The summed E-state index contributed by atoms with van der Waals surface area (Å²) in [5, 5.41) is 0.260. The standard InChI is InChI=1S/C12H21BrOSi/c1-11(9-7-8-10-13)14-15(5,6)12(2,3)4/h7,9,11H,1-6H3/b9-7+. The number of rotatable bonds is 3. The minimum atomic E-state index is -1.64. The molecule has 86 valence electrons. The van der Waals surface area contributed by atoms with Crippen LogP contribution < -0.4 is 0 Å². The summed E-state index contributed by atoms with van der Waals surface area (Å²) in [6.45, 7) is 13.3. The van der Waals surface area contributed by atoms with E-state index in [-0.39, 0.29) is 11.1 Å². The fourth-order valence-corrected chi connectivity index (χ4v) is 2.39. The van der Waals surface area contributed by atoms with E-state index in [2.05, 4.69) is 67.5 Å². The van der Waals surface area contributed by atoms with Crippen molar-refractivity contribution in [1.82, 2.24) is 0 Å². The molecule has 0 aromatic rings. The van der Waals surface area contributed by atoms with Crippen LogP contribution in [0.4, 0.5) is 0 Å². The molecule has 0 spiro atoms. The van der Waals surface area contributed by atoms with Gasteiger partial charge < -0.3 is 4.43 Å². The molecule has 0 fully saturated rings. The van der Waals surface area contributed by atoms with E-state index in [0.29, 0.717) is 0 Å². The van der Waals surface area contributed by atoms with Crippen LogP contribution in [0, 0.1) is 10.8 Å². The van der Waals surface area contributed by atoms with E-state index in [1.54, 1.807) is 0 Å². The van der Waals surface area contributed by atoms with Crippen LogP contribution in [0.5, 0.6) is 0 Å². The van der Waals surface area contributed by atoms with Crippen LogP contribution in [0.15, 0.2) is 12.2 Å². The van der Waals surface area contributed by atoms with Crippen molar-refractivity contribution < 1.29 is 4.43 Å². The molecule has 0 rings (SSSR count). The zero-order chi connectivity index (χ0) is 12.1. The molecule has 0 saturated heterocycles. The Bertz CT molecular complexity index is 278. The number of halogens is 1. The molecule has 15 heavy (non-hydrogen) atoms. The molecule has 0 amide bonds. The van der Waals surface area contributed by atoms with Gasteiger partial charge in [0.25, 0.3) is 0 Å². The van der Waals surface area contributed by atoms with Crippen molar-refractivity contribution in [3.05, 3.63) is 12.2 Å². The number of hydrogen-bond donors (Lipinski definition) is 0. The summed E-state index contributed by atoms with van der Waals surface area (Å²) in [6, 6.07) is 0. The van der Waals surface area contributed by atoms with Crippen molar-refractivity contribution in [2.45, 2.75) is 51.9 Å². The highest BCUT2D eigenvalue weighted by atomic mass is 79.9. The van der Waals surface area contributed by atoms with Crippen molar-refractivity contribution >= 4 is 24.2 Å². The van der Waals surface area contributed by atoms with Gasteiger partial charge in [-0.15, -0.1) is 0 Å². The number of allylic oxidation sites excluding steroid dienone is 1. The molecule has 0 N–H and O–H groups in total. The minimum absolute atomic E-state index is 0.138. The molecule has 0 saturated carbocycles. The Morgan fingerprint density at radius 1 is 1.33 bits per heavy atom. The van der Waals surface area contributed by atoms with E-state index in [1.165, 1.54) is 0 Å². The molecule has 3 heteroatoms. The van der Waals surface area contributed by atoms with Crippen molar-refractivity contribution in [1.29, 1.82) is 0 Å². The molecule has 0 aromatic carbocycles. The summed E-state index contributed by atoms with van der Waals surface area (Å²) in [6.07, 6.45) is 3.96. The van der Waals surface area contributed by atoms with Gasteiger partial charge in [0.05, 0.1) is 6.10 Å². The minimum Gasteiger partial charge on any atom is -0.411 e. The molecule has 0 radical (unpaired) electrons. The van der Waals surface area contributed by atoms with E-state index in [9.17, 15) is 0 Å². The van der Waals surface area contributed by atoms with Gasteiger partial charge >= 0.3 is 0 Å². The second-order valence-corrected chi connectivity index (χ2v) is 10.3. The lowest BCUT2D eigenvalue weighted by Crippen LogP contribution is -2.42. The first kappa shape index (κ1) is 15.0. The van der Waals surface area contributed by atoms with Crippen molar-refractivity contribution in [3.8, 4) is 10.8 Å². The average Bonchev–Trinajstić information content (AvgIpc) is 2.01. The Balaban J connectivity index is 4.39. The van der Waals surface area contributed by atoms with Crippen LogP contribution in [-0.4, -0.2) is 14.4 Å². The topological polar surface area (TPSA) is 9.23 Å². The van der Waals surface area contributed by atoms with Gasteiger partial charge in [-0.1, -0.05) is 26.7 Å². The molecule has 0 heterocycles. The molecular formula is C12H21BrOSi. The molecule has 1 nitrogen and oxygen atoms in total. The quantitative estimate of drug-likeness (QED) is 0.555. The Morgan fingerprint density at radius 3 is 2.27 bits per heavy atom. The normalized spacial score (nSPS) is 14.9. The molecular weight excluding hydrogens is 268 g/mol. The lowest BCUT2D eigenvalue weighted by molar-refractivity contribution is 0.243. The summed E-state index contributed by atoms with van der Waals surface area (Å²) in [7, 11) is -1.64. The van der Waals surface area contributed by atoms with Crippen LogP contribution in [0.3, 0.4) is 0 Å². The molecule has 0 aromatic heterocycles. The Morgan fingerprint density at radius 2 is 1.87 bits per heavy atom. The maximum Gasteiger partial charge on any atom is 0.192 e. The van der Waals surface area contributed by atoms with Gasteiger partial charge in [0.2, 0.25) is 0 Å². The van der Waals surface area contributed by atoms with Crippen LogP contribution in [-0.2, 0) is 4.43 Å². The highest BCUT2D eigenvalue weighted by molar-refractivity contribution is 9.12. The van der Waals surface area contributed by atoms with E-state index >= 15 is 0 Å². The second-order valence-electron chi connectivity index (χ2n) is 5.18.